The topological polar surface area (TPSA) is 64.7 Å². The first-order valence-corrected chi connectivity index (χ1v) is 7.06. The lowest BCUT2D eigenvalue weighted by atomic mass is 9.97. The van der Waals surface area contributed by atoms with Crippen molar-refractivity contribution in [2.24, 2.45) is 5.73 Å². The van der Waals surface area contributed by atoms with Gasteiger partial charge >= 0.3 is 0 Å². The van der Waals surface area contributed by atoms with Crippen molar-refractivity contribution < 1.29 is 0 Å². The van der Waals surface area contributed by atoms with Crippen molar-refractivity contribution in [2.75, 3.05) is 6.54 Å². The highest BCUT2D eigenvalue weighted by molar-refractivity contribution is 5.60. The number of nitrogens with two attached hydrogens (primary N) is 1. The Morgan fingerprint density at radius 2 is 1.85 bits per heavy atom. The van der Waals surface area contributed by atoms with Crippen LogP contribution in [0.3, 0.4) is 0 Å². The maximum Gasteiger partial charge on any atom is 0.160 e. The second-order valence-electron chi connectivity index (χ2n) is 5.15. The second-order valence-corrected chi connectivity index (χ2v) is 5.15. The Morgan fingerprint density at radius 3 is 2.40 bits per heavy atom. The smallest absolute Gasteiger partial charge is 0.160 e. The van der Waals surface area contributed by atoms with E-state index in [9.17, 15) is 0 Å². The zero-order valence-corrected chi connectivity index (χ0v) is 12.6. The summed E-state index contributed by atoms with van der Waals surface area (Å²) in [5.41, 5.74) is 11.2. The normalized spacial score (nSPS) is 12.4. The summed E-state index contributed by atoms with van der Waals surface area (Å²) in [7, 11) is 0. The van der Waals surface area contributed by atoms with Crippen LogP contribution in [-0.4, -0.2) is 21.5 Å². The molecule has 0 radical (unpaired) electrons. The maximum absolute atomic E-state index is 5.77. The van der Waals surface area contributed by atoms with Gasteiger partial charge in [-0.2, -0.15) is 0 Å². The van der Waals surface area contributed by atoms with Gasteiger partial charge in [-0.3, -0.25) is 4.98 Å². The van der Waals surface area contributed by atoms with Crippen molar-refractivity contribution in [3.05, 3.63) is 41.0 Å². The molecule has 2 N–H and O–H groups in total. The highest BCUT2D eigenvalue weighted by Crippen LogP contribution is 2.25. The van der Waals surface area contributed by atoms with E-state index in [0.717, 1.165) is 29.2 Å². The van der Waals surface area contributed by atoms with Crippen molar-refractivity contribution in [1.82, 2.24) is 15.0 Å². The Hall–Kier alpha value is -1.81. The monoisotopic (exact) mass is 270 g/mol. The standard InChI is InChI=1S/C16H22N4/c1-5-13-9-18-7-6-14(13)16-19-11(3)15(10(2)8-17)12(4)20-16/h6-7,9-10H,5,8,17H2,1-4H3. The molecule has 0 fully saturated rings. The van der Waals surface area contributed by atoms with Gasteiger partial charge < -0.3 is 5.73 Å². The summed E-state index contributed by atoms with van der Waals surface area (Å²) in [6.45, 7) is 8.91. The summed E-state index contributed by atoms with van der Waals surface area (Å²) in [5.74, 6) is 1.07. The predicted molar refractivity (Wildman–Crippen MR) is 81.6 cm³/mol. The molecule has 4 nitrogen and oxygen atoms in total. The Kier molecular flexibility index (Phi) is 4.45. The van der Waals surface area contributed by atoms with E-state index in [0.29, 0.717) is 6.54 Å². The van der Waals surface area contributed by atoms with Gasteiger partial charge in [-0.1, -0.05) is 13.8 Å². The van der Waals surface area contributed by atoms with Gasteiger partial charge in [-0.15, -0.1) is 0 Å². The lowest BCUT2D eigenvalue weighted by molar-refractivity contribution is 0.744. The molecule has 1 atom stereocenters. The van der Waals surface area contributed by atoms with Crippen LogP contribution in [0, 0.1) is 13.8 Å². The molecular weight excluding hydrogens is 248 g/mol. The largest absolute Gasteiger partial charge is 0.330 e. The molecule has 0 aliphatic rings. The van der Waals surface area contributed by atoms with Gasteiger partial charge in [0.05, 0.1) is 0 Å². The first-order valence-electron chi connectivity index (χ1n) is 7.06. The molecule has 106 valence electrons. The van der Waals surface area contributed by atoms with E-state index in [1.165, 1.54) is 11.1 Å². The van der Waals surface area contributed by atoms with E-state index in [4.69, 9.17) is 5.73 Å². The minimum Gasteiger partial charge on any atom is -0.330 e. The molecule has 2 aromatic rings. The average molecular weight is 270 g/mol. The molecule has 4 heteroatoms. The number of aryl methyl sites for hydroxylation is 3. The van der Waals surface area contributed by atoms with Crippen molar-refractivity contribution in [1.29, 1.82) is 0 Å². The van der Waals surface area contributed by atoms with Crippen LogP contribution < -0.4 is 5.73 Å². The fourth-order valence-corrected chi connectivity index (χ4v) is 2.60. The van der Waals surface area contributed by atoms with Crippen molar-refractivity contribution >= 4 is 0 Å². The van der Waals surface area contributed by atoms with E-state index in [2.05, 4.69) is 28.8 Å². The number of pyridine rings is 1. The number of aromatic nitrogens is 3. The molecule has 20 heavy (non-hydrogen) atoms. The van der Waals surface area contributed by atoms with E-state index < -0.39 is 0 Å². The lowest BCUT2D eigenvalue weighted by Gasteiger charge is -2.16. The van der Waals surface area contributed by atoms with Gasteiger partial charge in [0.1, 0.15) is 0 Å². The van der Waals surface area contributed by atoms with E-state index >= 15 is 0 Å². The van der Waals surface area contributed by atoms with Crippen molar-refractivity contribution in [2.45, 2.75) is 40.0 Å². The molecular formula is C16H22N4. The molecule has 0 aliphatic heterocycles. The Balaban J connectivity index is 2.55. The Morgan fingerprint density at radius 1 is 1.20 bits per heavy atom. The number of rotatable bonds is 4. The first kappa shape index (κ1) is 14.6. The number of nitrogens with zero attached hydrogens (tertiary/aromatic N) is 3. The molecule has 0 amide bonds. The van der Waals surface area contributed by atoms with E-state index in [1.54, 1.807) is 6.20 Å². The van der Waals surface area contributed by atoms with Crippen LogP contribution in [0.1, 0.15) is 42.3 Å². The molecule has 0 bridgehead atoms. The molecule has 0 aliphatic carbocycles. The molecule has 0 saturated heterocycles. The molecule has 0 saturated carbocycles. The van der Waals surface area contributed by atoms with Gasteiger partial charge in [0.25, 0.3) is 0 Å². The van der Waals surface area contributed by atoms with Crippen molar-refractivity contribution in [3.63, 3.8) is 0 Å². The van der Waals surface area contributed by atoms with Gasteiger partial charge in [-0.25, -0.2) is 9.97 Å². The summed E-state index contributed by atoms with van der Waals surface area (Å²) in [6.07, 6.45) is 4.60. The molecule has 0 spiro atoms. The third-order valence-electron chi connectivity index (χ3n) is 3.70. The first-order chi connectivity index (χ1) is 9.58. The summed E-state index contributed by atoms with van der Waals surface area (Å²) in [4.78, 5) is 13.5. The van der Waals surface area contributed by atoms with E-state index in [-0.39, 0.29) is 5.92 Å². The molecule has 0 aromatic carbocycles. The van der Waals surface area contributed by atoms with Gasteiger partial charge in [-0.05, 0) is 49.9 Å². The van der Waals surface area contributed by atoms with Crippen LogP contribution in [-0.2, 0) is 6.42 Å². The van der Waals surface area contributed by atoms with Crippen LogP contribution in [0.15, 0.2) is 18.5 Å². The molecule has 2 rings (SSSR count). The fourth-order valence-electron chi connectivity index (χ4n) is 2.60. The summed E-state index contributed by atoms with van der Waals surface area (Å²) in [6, 6.07) is 1.99. The third-order valence-corrected chi connectivity index (χ3v) is 3.70. The molecule has 2 heterocycles. The van der Waals surface area contributed by atoms with Crippen LogP contribution >= 0.6 is 0 Å². The van der Waals surface area contributed by atoms with Gasteiger partial charge in [0.15, 0.2) is 5.82 Å². The number of hydrogen-bond donors (Lipinski definition) is 1. The predicted octanol–water partition coefficient (Wildman–Crippen LogP) is 2.78. The van der Waals surface area contributed by atoms with Crippen molar-refractivity contribution in [3.8, 4) is 11.4 Å². The summed E-state index contributed by atoms with van der Waals surface area (Å²) < 4.78 is 0. The van der Waals surface area contributed by atoms with Crippen LogP contribution in [0.5, 0.6) is 0 Å². The van der Waals surface area contributed by atoms with Crippen LogP contribution in [0.25, 0.3) is 11.4 Å². The minimum atomic E-state index is 0.284. The Bertz CT molecular complexity index is 584. The SMILES string of the molecule is CCc1cnccc1-c1nc(C)c(C(C)CN)c(C)n1. The zero-order valence-electron chi connectivity index (χ0n) is 12.6. The quantitative estimate of drug-likeness (QED) is 0.927. The lowest BCUT2D eigenvalue weighted by Crippen LogP contribution is -2.14. The fraction of sp³-hybridized carbons (Fsp3) is 0.438. The molecule has 2 aromatic heterocycles. The molecule has 1 unspecified atom stereocenters. The van der Waals surface area contributed by atoms with Crippen LogP contribution in [0.4, 0.5) is 0 Å². The van der Waals surface area contributed by atoms with Crippen LogP contribution in [0.2, 0.25) is 0 Å². The van der Waals surface area contributed by atoms with Gasteiger partial charge in [0, 0.05) is 29.3 Å². The second kappa shape index (κ2) is 6.09. The Labute approximate surface area is 120 Å². The number of hydrogen-bond acceptors (Lipinski definition) is 4. The highest BCUT2D eigenvalue weighted by Gasteiger charge is 2.15. The zero-order chi connectivity index (χ0) is 14.7. The maximum atomic E-state index is 5.77. The highest BCUT2D eigenvalue weighted by atomic mass is 14.9. The third kappa shape index (κ3) is 2.70. The average Bonchev–Trinajstić information content (AvgIpc) is 2.46. The summed E-state index contributed by atoms with van der Waals surface area (Å²) in [5, 5.41) is 0. The van der Waals surface area contributed by atoms with Gasteiger partial charge in [0.2, 0.25) is 0 Å². The minimum absolute atomic E-state index is 0.284. The van der Waals surface area contributed by atoms with E-state index in [1.807, 2.05) is 26.1 Å². The summed E-state index contributed by atoms with van der Waals surface area (Å²) >= 11 is 0.